The number of hydrogen-bond acceptors (Lipinski definition) is 4. The molecule has 1 atom stereocenters. The molecule has 0 saturated heterocycles. The molecule has 2 aromatic carbocycles. The van der Waals surface area contributed by atoms with Crippen LogP contribution < -0.4 is 0 Å². The third-order valence-electron chi connectivity index (χ3n) is 3.42. The molecule has 0 aliphatic carbocycles. The van der Waals surface area contributed by atoms with Crippen LogP contribution in [0.5, 0.6) is 0 Å². The van der Waals surface area contributed by atoms with E-state index in [1.165, 1.54) is 0 Å². The highest BCUT2D eigenvalue weighted by Crippen LogP contribution is 2.27. The highest BCUT2D eigenvalue weighted by atomic mass is 32.3. The van der Waals surface area contributed by atoms with Crippen molar-refractivity contribution in [2.24, 2.45) is 0 Å². The fraction of sp³-hybridized carbons (Fsp3) is 0.235. The van der Waals surface area contributed by atoms with Gasteiger partial charge in [-0.1, -0.05) is 49.7 Å². The molecule has 1 N–H and O–H groups in total. The molecule has 0 amide bonds. The third-order valence-corrected chi connectivity index (χ3v) is 3.89. The van der Waals surface area contributed by atoms with E-state index in [-0.39, 0.29) is 0 Å². The molecule has 1 unspecified atom stereocenters. The summed E-state index contributed by atoms with van der Waals surface area (Å²) in [6, 6.07) is 16.5. The first-order chi connectivity index (χ1) is 10.9. The lowest BCUT2D eigenvalue weighted by Crippen LogP contribution is -2.10. The second-order valence-electron chi connectivity index (χ2n) is 5.11. The lowest BCUT2D eigenvalue weighted by Gasteiger charge is -2.15. The Morgan fingerprint density at radius 2 is 1.61 bits per heavy atom. The third kappa shape index (κ3) is 4.89. The van der Waals surface area contributed by atoms with Gasteiger partial charge < -0.3 is 0 Å². The lowest BCUT2D eigenvalue weighted by molar-refractivity contribution is 0.174. The number of nitrogens with zero attached hydrogens (tertiary/aromatic N) is 1. The van der Waals surface area contributed by atoms with Crippen LogP contribution >= 0.6 is 0 Å². The Morgan fingerprint density at radius 3 is 2.04 bits per heavy atom. The minimum atomic E-state index is -4.49. The number of rotatable bonds is 6. The molecule has 0 spiro atoms. The summed E-state index contributed by atoms with van der Waals surface area (Å²) < 4.78 is 35.5. The van der Waals surface area contributed by atoms with Crippen LogP contribution in [0.25, 0.3) is 11.1 Å². The minimum Gasteiger partial charge on any atom is -0.264 e. The van der Waals surface area contributed by atoms with E-state index in [0.29, 0.717) is 17.5 Å². The molecule has 120 valence electrons. The Morgan fingerprint density at radius 1 is 1.09 bits per heavy atom. The topological polar surface area (TPSA) is 87.4 Å². The monoisotopic (exact) mass is 331 g/mol. The molecule has 23 heavy (non-hydrogen) atoms. The molecule has 5 nitrogen and oxygen atoms in total. The van der Waals surface area contributed by atoms with Crippen LogP contribution in [0.2, 0.25) is 0 Å². The lowest BCUT2D eigenvalue weighted by atomic mass is 9.99. The van der Waals surface area contributed by atoms with E-state index in [1.54, 1.807) is 24.3 Å². The summed E-state index contributed by atoms with van der Waals surface area (Å²) in [7, 11) is -4.49. The summed E-state index contributed by atoms with van der Waals surface area (Å²) in [6.07, 6.45) is 0.498. The molecule has 0 radical (unpaired) electrons. The second-order valence-corrected chi connectivity index (χ2v) is 6.16. The van der Waals surface area contributed by atoms with E-state index in [0.717, 1.165) is 17.5 Å². The molecular weight excluding hydrogens is 314 g/mol. The van der Waals surface area contributed by atoms with Gasteiger partial charge in [0, 0.05) is 0 Å². The van der Waals surface area contributed by atoms with Crippen molar-refractivity contribution >= 4 is 10.4 Å². The van der Waals surface area contributed by atoms with Crippen LogP contribution in [0.15, 0.2) is 48.5 Å². The highest BCUT2D eigenvalue weighted by Gasteiger charge is 2.18. The first-order valence-corrected chi connectivity index (χ1v) is 8.55. The summed E-state index contributed by atoms with van der Waals surface area (Å²) in [6.45, 7) is 1.91. The van der Waals surface area contributed by atoms with Gasteiger partial charge in [0.1, 0.15) is 6.10 Å². The predicted octanol–water partition coefficient (Wildman–Crippen LogP) is 3.89. The second kappa shape index (κ2) is 7.38. The van der Waals surface area contributed by atoms with Crippen molar-refractivity contribution in [3.63, 3.8) is 0 Å². The van der Waals surface area contributed by atoms with Crippen molar-refractivity contribution in [3.05, 3.63) is 59.7 Å². The van der Waals surface area contributed by atoms with Crippen molar-refractivity contribution < 1.29 is 17.2 Å². The van der Waals surface area contributed by atoms with Gasteiger partial charge in [0.25, 0.3) is 0 Å². The largest absolute Gasteiger partial charge is 0.397 e. The van der Waals surface area contributed by atoms with E-state index in [2.05, 4.69) is 6.07 Å². The Hall–Kier alpha value is -2.20. The van der Waals surface area contributed by atoms with Gasteiger partial charge in [-0.25, -0.2) is 4.18 Å². The smallest absolute Gasteiger partial charge is 0.264 e. The van der Waals surface area contributed by atoms with E-state index < -0.39 is 16.5 Å². The quantitative estimate of drug-likeness (QED) is 0.811. The maximum Gasteiger partial charge on any atom is 0.397 e. The van der Waals surface area contributed by atoms with Crippen LogP contribution in [0, 0.1) is 11.3 Å². The summed E-state index contributed by atoms with van der Waals surface area (Å²) in [5.41, 5.74) is 3.18. The highest BCUT2D eigenvalue weighted by molar-refractivity contribution is 7.80. The molecule has 0 saturated carbocycles. The minimum absolute atomic E-state index is 0.482. The number of benzene rings is 2. The van der Waals surface area contributed by atoms with Crippen LogP contribution in [-0.2, 0) is 14.6 Å². The molecule has 0 heterocycles. The summed E-state index contributed by atoms with van der Waals surface area (Å²) in [5.74, 6) is 0. The first-order valence-electron chi connectivity index (χ1n) is 7.19. The molecule has 0 aromatic heterocycles. The molecule has 6 heteroatoms. The molecule has 0 fully saturated rings. The van der Waals surface area contributed by atoms with Crippen molar-refractivity contribution in [2.75, 3.05) is 0 Å². The van der Waals surface area contributed by atoms with Gasteiger partial charge in [-0.2, -0.15) is 13.7 Å². The zero-order valence-corrected chi connectivity index (χ0v) is 13.5. The Bertz CT molecular complexity index is 790. The maximum atomic E-state index is 10.9. The van der Waals surface area contributed by atoms with Gasteiger partial charge in [0.15, 0.2) is 0 Å². The summed E-state index contributed by atoms with van der Waals surface area (Å²) >= 11 is 0. The molecule has 2 aromatic rings. The summed E-state index contributed by atoms with van der Waals surface area (Å²) in [4.78, 5) is 0. The van der Waals surface area contributed by atoms with E-state index >= 15 is 0 Å². The molecular formula is C17H17NO4S. The van der Waals surface area contributed by atoms with Crippen molar-refractivity contribution in [1.29, 1.82) is 5.26 Å². The Balaban J connectivity index is 2.24. The van der Waals surface area contributed by atoms with Crippen molar-refractivity contribution in [1.82, 2.24) is 0 Å². The van der Waals surface area contributed by atoms with Crippen LogP contribution in [0.4, 0.5) is 0 Å². The van der Waals surface area contributed by atoms with E-state index in [4.69, 9.17) is 14.0 Å². The average molecular weight is 331 g/mol. The van der Waals surface area contributed by atoms with Gasteiger partial charge in [-0.3, -0.25) is 4.55 Å². The van der Waals surface area contributed by atoms with Gasteiger partial charge in [0.2, 0.25) is 0 Å². The maximum absolute atomic E-state index is 10.9. The average Bonchev–Trinajstić information content (AvgIpc) is 2.53. The molecule has 0 aliphatic rings. The Labute approximate surface area is 136 Å². The summed E-state index contributed by atoms with van der Waals surface area (Å²) in [5, 5.41) is 8.81. The zero-order chi connectivity index (χ0) is 16.9. The van der Waals surface area contributed by atoms with Gasteiger partial charge >= 0.3 is 10.4 Å². The van der Waals surface area contributed by atoms with Crippen molar-refractivity contribution in [3.8, 4) is 17.2 Å². The molecule has 2 rings (SSSR count). The predicted molar refractivity (Wildman–Crippen MR) is 86.9 cm³/mol. The van der Waals surface area contributed by atoms with Gasteiger partial charge in [0.05, 0.1) is 11.6 Å². The van der Waals surface area contributed by atoms with E-state index in [1.807, 2.05) is 31.2 Å². The number of hydrogen-bond donors (Lipinski definition) is 1. The van der Waals surface area contributed by atoms with Crippen molar-refractivity contribution in [2.45, 2.75) is 25.9 Å². The van der Waals surface area contributed by atoms with E-state index in [9.17, 15) is 8.42 Å². The standard InChI is InChI=1S/C17H17NO4S/c1-2-3-17(22-23(19,20)21)16-10-8-15(9-11-16)14-6-4-13(12-18)5-7-14/h4-11,17H,2-3H2,1H3,(H,19,20,21). The normalized spacial score (nSPS) is 12.6. The first kappa shape index (κ1) is 17.2. The van der Waals surface area contributed by atoms with Crippen LogP contribution in [0.3, 0.4) is 0 Å². The van der Waals surface area contributed by atoms with Crippen LogP contribution in [0.1, 0.15) is 37.0 Å². The zero-order valence-electron chi connectivity index (χ0n) is 12.6. The number of nitriles is 1. The fourth-order valence-electron chi connectivity index (χ4n) is 2.31. The Kier molecular flexibility index (Phi) is 5.50. The SMILES string of the molecule is CCCC(OS(=O)(=O)O)c1ccc(-c2ccc(C#N)cc2)cc1. The molecule has 0 aliphatic heterocycles. The van der Waals surface area contributed by atoms with Crippen LogP contribution in [-0.4, -0.2) is 13.0 Å². The van der Waals surface area contributed by atoms with Gasteiger partial charge in [-0.15, -0.1) is 0 Å². The fourth-order valence-corrected chi connectivity index (χ4v) is 2.81. The van der Waals surface area contributed by atoms with Gasteiger partial charge in [-0.05, 0) is 35.2 Å². The molecule has 0 bridgehead atoms.